The first-order valence-electron chi connectivity index (χ1n) is 5.44. The maximum absolute atomic E-state index is 5.93. The Bertz CT molecular complexity index is 457. The zero-order valence-electron chi connectivity index (χ0n) is 9.27. The van der Waals surface area contributed by atoms with Gasteiger partial charge in [-0.2, -0.15) is 0 Å². The molecule has 0 aliphatic rings. The van der Waals surface area contributed by atoms with E-state index < -0.39 is 0 Å². The van der Waals surface area contributed by atoms with Crippen molar-refractivity contribution in [3.05, 3.63) is 30.1 Å². The van der Waals surface area contributed by atoms with Crippen LogP contribution in [0.1, 0.15) is 32.1 Å². The Morgan fingerprint density at radius 3 is 2.80 bits per heavy atom. The summed E-state index contributed by atoms with van der Waals surface area (Å²) in [6.07, 6.45) is 1.10. The summed E-state index contributed by atoms with van der Waals surface area (Å²) in [6, 6.07) is 8.18. The van der Waals surface area contributed by atoms with E-state index in [2.05, 4.69) is 22.5 Å². The van der Waals surface area contributed by atoms with Crippen molar-refractivity contribution in [2.75, 3.05) is 0 Å². The fraction of sp³-hybridized carbons (Fsp3) is 0.417. The zero-order chi connectivity index (χ0) is 10.8. The largest absolute Gasteiger partial charge is 0.327 e. The van der Waals surface area contributed by atoms with Gasteiger partial charge < -0.3 is 10.3 Å². The molecule has 0 saturated heterocycles. The van der Waals surface area contributed by atoms with Crippen molar-refractivity contribution in [2.24, 2.45) is 5.73 Å². The van der Waals surface area contributed by atoms with Crippen LogP contribution < -0.4 is 5.73 Å². The summed E-state index contributed by atoms with van der Waals surface area (Å²) in [6.45, 7) is 5.13. The van der Waals surface area contributed by atoms with Gasteiger partial charge in [-0.15, -0.1) is 0 Å². The van der Waals surface area contributed by atoms with Gasteiger partial charge in [0.05, 0.1) is 17.1 Å². The Kier molecular flexibility index (Phi) is 2.73. The van der Waals surface area contributed by atoms with E-state index in [1.54, 1.807) is 0 Å². The highest BCUT2D eigenvalue weighted by Crippen LogP contribution is 2.19. The number of nitrogens with two attached hydrogens (primary N) is 1. The summed E-state index contributed by atoms with van der Waals surface area (Å²) in [7, 11) is 0. The third-order valence-corrected chi connectivity index (χ3v) is 2.54. The van der Waals surface area contributed by atoms with Crippen LogP contribution >= 0.6 is 0 Å². The maximum Gasteiger partial charge on any atom is 0.126 e. The molecule has 3 nitrogen and oxygen atoms in total. The van der Waals surface area contributed by atoms with Crippen LogP contribution in [0, 0.1) is 0 Å². The quantitative estimate of drug-likeness (QED) is 0.832. The smallest absolute Gasteiger partial charge is 0.126 e. The van der Waals surface area contributed by atoms with Gasteiger partial charge in [-0.25, -0.2) is 4.98 Å². The van der Waals surface area contributed by atoms with Gasteiger partial charge in [0.1, 0.15) is 5.82 Å². The maximum atomic E-state index is 5.93. The molecule has 0 aliphatic carbocycles. The molecule has 0 amide bonds. The molecule has 0 bridgehead atoms. The van der Waals surface area contributed by atoms with E-state index in [1.165, 1.54) is 5.52 Å². The van der Waals surface area contributed by atoms with E-state index in [0.717, 1.165) is 24.3 Å². The summed E-state index contributed by atoms with van der Waals surface area (Å²) in [5, 5.41) is 0. The van der Waals surface area contributed by atoms with Crippen molar-refractivity contribution in [3.63, 3.8) is 0 Å². The van der Waals surface area contributed by atoms with Gasteiger partial charge in [-0.05, 0) is 25.5 Å². The Balaban J connectivity index is 2.63. The average molecular weight is 203 g/mol. The SMILES string of the molecule is CCCn1c([C@H](C)N)nc2ccccc21. The van der Waals surface area contributed by atoms with Crippen LogP contribution in [0.5, 0.6) is 0 Å². The molecule has 2 N–H and O–H groups in total. The molecular weight excluding hydrogens is 186 g/mol. The van der Waals surface area contributed by atoms with Gasteiger partial charge in [-0.3, -0.25) is 0 Å². The van der Waals surface area contributed by atoms with E-state index >= 15 is 0 Å². The van der Waals surface area contributed by atoms with Crippen molar-refractivity contribution in [2.45, 2.75) is 32.9 Å². The van der Waals surface area contributed by atoms with Crippen LogP contribution in [0.3, 0.4) is 0 Å². The second kappa shape index (κ2) is 4.03. The summed E-state index contributed by atoms with van der Waals surface area (Å²) >= 11 is 0. The number of benzene rings is 1. The van der Waals surface area contributed by atoms with Crippen LogP contribution in [0.2, 0.25) is 0 Å². The van der Waals surface area contributed by atoms with E-state index in [1.807, 2.05) is 25.1 Å². The lowest BCUT2D eigenvalue weighted by Gasteiger charge is -2.09. The number of fused-ring (bicyclic) bond motifs is 1. The summed E-state index contributed by atoms with van der Waals surface area (Å²) in [5.74, 6) is 0.984. The molecule has 0 spiro atoms. The van der Waals surface area contributed by atoms with Gasteiger partial charge >= 0.3 is 0 Å². The summed E-state index contributed by atoms with van der Waals surface area (Å²) in [4.78, 5) is 4.57. The van der Waals surface area contributed by atoms with E-state index in [9.17, 15) is 0 Å². The van der Waals surface area contributed by atoms with Crippen molar-refractivity contribution < 1.29 is 0 Å². The topological polar surface area (TPSA) is 43.8 Å². The van der Waals surface area contributed by atoms with Crippen LogP contribution in [-0.4, -0.2) is 9.55 Å². The molecule has 0 saturated carbocycles. The number of rotatable bonds is 3. The van der Waals surface area contributed by atoms with Crippen LogP contribution in [0.4, 0.5) is 0 Å². The third kappa shape index (κ3) is 1.75. The summed E-state index contributed by atoms with van der Waals surface area (Å²) < 4.78 is 2.22. The first-order chi connectivity index (χ1) is 7.24. The molecule has 0 aliphatic heterocycles. The lowest BCUT2D eigenvalue weighted by molar-refractivity contribution is 0.613. The number of para-hydroxylation sites is 2. The average Bonchev–Trinajstić information content (AvgIpc) is 2.58. The molecule has 0 fully saturated rings. The zero-order valence-corrected chi connectivity index (χ0v) is 9.27. The lowest BCUT2D eigenvalue weighted by Crippen LogP contribution is -2.13. The fourth-order valence-corrected chi connectivity index (χ4v) is 1.90. The second-order valence-electron chi connectivity index (χ2n) is 3.90. The molecule has 1 aromatic carbocycles. The molecule has 1 aromatic heterocycles. The molecule has 2 aromatic rings. The van der Waals surface area contributed by atoms with Crippen LogP contribution in [0.15, 0.2) is 24.3 Å². The van der Waals surface area contributed by atoms with Crippen molar-refractivity contribution in [1.29, 1.82) is 0 Å². The number of aryl methyl sites for hydroxylation is 1. The van der Waals surface area contributed by atoms with Gasteiger partial charge in [0, 0.05) is 6.54 Å². The standard InChI is InChI=1S/C12H17N3/c1-3-8-15-11-7-5-4-6-10(11)14-12(15)9(2)13/h4-7,9H,3,8,13H2,1-2H3/t9-/m0/s1. The molecule has 0 unspecified atom stereocenters. The third-order valence-electron chi connectivity index (χ3n) is 2.54. The fourth-order valence-electron chi connectivity index (χ4n) is 1.90. The minimum Gasteiger partial charge on any atom is -0.327 e. The highest BCUT2D eigenvalue weighted by Gasteiger charge is 2.12. The van der Waals surface area contributed by atoms with Crippen LogP contribution in [-0.2, 0) is 6.54 Å². The minimum atomic E-state index is -0.0102. The number of hydrogen-bond acceptors (Lipinski definition) is 2. The molecule has 15 heavy (non-hydrogen) atoms. The molecule has 80 valence electrons. The van der Waals surface area contributed by atoms with E-state index in [4.69, 9.17) is 5.73 Å². The van der Waals surface area contributed by atoms with Crippen molar-refractivity contribution in [1.82, 2.24) is 9.55 Å². The lowest BCUT2D eigenvalue weighted by atomic mass is 10.3. The van der Waals surface area contributed by atoms with Crippen molar-refractivity contribution in [3.8, 4) is 0 Å². The molecule has 1 heterocycles. The molecule has 2 rings (SSSR count). The molecule has 1 atom stereocenters. The van der Waals surface area contributed by atoms with E-state index in [-0.39, 0.29) is 6.04 Å². The number of aromatic nitrogens is 2. The Morgan fingerprint density at radius 1 is 1.40 bits per heavy atom. The van der Waals surface area contributed by atoms with Gasteiger partial charge in [0.15, 0.2) is 0 Å². The number of imidazole rings is 1. The first kappa shape index (κ1) is 10.2. The predicted molar refractivity (Wildman–Crippen MR) is 62.6 cm³/mol. The molecular formula is C12H17N3. The highest BCUT2D eigenvalue weighted by atomic mass is 15.1. The summed E-state index contributed by atoms with van der Waals surface area (Å²) in [5.41, 5.74) is 8.15. The Labute approximate surface area is 89.9 Å². The monoisotopic (exact) mass is 203 g/mol. The number of nitrogens with zero attached hydrogens (tertiary/aromatic N) is 2. The van der Waals surface area contributed by atoms with E-state index in [0.29, 0.717) is 0 Å². The number of hydrogen-bond donors (Lipinski definition) is 1. The van der Waals surface area contributed by atoms with Gasteiger partial charge in [0.25, 0.3) is 0 Å². The Morgan fingerprint density at radius 2 is 2.13 bits per heavy atom. The first-order valence-corrected chi connectivity index (χ1v) is 5.44. The van der Waals surface area contributed by atoms with Crippen molar-refractivity contribution >= 4 is 11.0 Å². The van der Waals surface area contributed by atoms with Gasteiger partial charge in [0.2, 0.25) is 0 Å². The second-order valence-corrected chi connectivity index (χ2v) is 3.90. The minimum absolute atomic E-state index is 0.0102. The molecule has 0 radical (unpaired) electrons. The Hall–Kier alpha value is -1.35. The highest BCUT2D eigenvalue weighted by molar-refractivity contribution is 5.76. The van der Waals surface area contributed by atoms with Crippen LogP contribution in [0.25, 0.3) is 11.0 Å². The normalized spacial score (nSPS) is 13.3. The predicted octanol–water partition coefficient (Wildman–Crippen LogP) is 2.47. The molecule has 3 heteroatoms. The van der Waals surface area contributed by atoms with Gasteiger partial charge in [-0.1, -0.05) is 19.1 Å².